The minimum atomic E-state index is -0.832. The molecule has 18 heavy (non-hydrogen) atoms. The van der Waals surface area contributed by atoms with Gasteiger partial charge in [-0.25, -0.2) is 0 Å². The van der Waals surface area contributed by atoms with E-state index in [1.807, 2.05) is 32.0 Å². The Kier molecular flexibility index (Phi) is 5.62. The van der Waals surface area contributed by atoms with Gasteiger partial charge in [-0.2, -0.15) is 0 Å². The van der Waals surface area contributed by atoms with Crippen molar-refractivity contribution in [3.63, 3.8) is 0 Å². The summed E-state index contributed by atoms with van der Waals surface area (Å²) in [7, 11) is 1.60. The number of aliphatic carboxylic acids is 1. The summed E-state index contributed by atoms with van der Waals surface area (Å²) >= 11 is 3.37. The summed E-state index contributed by atoms with van der Waals surface area (Å²) in [5.74, 6) is -0.0604. The highest BCUT2D eigenvalue weighted by atomic mass is 79.9. The first-order valence-electron chi connectivity index (χ1n) is 5.74. The molecule has 0 fully saturated rings. The Morgan fingerprint density at radius 1 is 1.50 bits per heavy atom. The van der Waals surface area contributed by atoms with Crippen LogP contribution in [0, 0.1) is 5.92 Å². The summed E-state index contributed by atoms with van der Waals surface area (Å²) in [6.07, 6.45) is 0. The van der Waals surface area contributed by atoms with Crippen molar-refractivity contribution in [3.05, 3.63) is 28.2 Å². The number of benzene rings is 1. The molecule has 1 aromatic rings. The van der Waals surface area contributed by atoms with E-state index in [0.29, 0.717) is 6.54 Å². The standard InChI is InChI=1S/C13H18BrNO3/c1-8(2)12(13(16)17)15-7-9-4-5-10(14)6-11(9)18-3/h4-6,8,12,15H,7H2,1-3H3,(H,16,17)/t12-/m0/s1. The van der Waals surface area contributed by atoms with Crippen LogP contribution in [-0.4, -0.2) is 24.2 Å². The molecule has 0 aliphatic carbocycles. The second-order valence-corrected chi connectivity index (χ2v) is 5.31. The normalized spacial score (nSPS) is 12.5. The Bertz CT molecular complexity index is 421. The molecule has 1 aromatic carbocycles. The first kappa shape index (κ1) is 15.0. The van der Waals surface area contributed by atoms with Crippen molar-refractivity contribution in [2.75, 3.05) is 7.11 Å². The van der Waals surface area contributed by atoms with Gasteiger partial charge in [0.1, 0.15) is 11.8 Å². The number of halogens is 1. The molecule has 4 nitrogen and oxygen atoms in total. The number of hydrogen-bond donors (Lipinski definition) is 2. The van der Waals surface area contributed by atoms with Crippen molar-refractivity contribution in [1.29, 1.82) is 0 Å². The number of carbonyl (C=O) groups is 1. The molecule has 5 heteroatoms. The molecule has 0 radical (unpaired) electrons. The van der Waals surface area contributed by atoms with E-state index in [2.05, 4.69) is 21.2 Å². The maximum atomic E-state index is 11.1. The number of ether oxygens (including phenoxy) is 1. The van der Waals surface area contributed by atoms with Crippen molar-refractivity contribution < 1.29 is 14.6 Å². The minimum absolute atomic E-state index is 0.0314. The molecule has 0 aliphatic heterocycles. The lowest BCUT2D eigenvalue weighted by atomic mass is 10.0. The quantitative estimate of drug-likeness (QED) is 0.847. The monoisotopic (exact) mass is 315 g/mol. The summed E-state index contributed by atoms with van der Waals surface area (Å²) in [5.41, 5.74) is 0.938. The van der Waals surface area contributed by atoms with E-state index in [-0.39, 0.29) is 5.92 Å². The Hall–Kier alpha value is -1.07. The molecule has 0 bridgehead atoms. The summed E-state index contributed by atoms with van der Waals surface area (Å²) < 4.78 is 6.19. The number of rotatable bonds is 6. The van der Waals surface area contributed by atoms with Crippen LogP contribution in [0.1, 0.15) is 19.4 Å². The molecule has 0 aromatic heterocycles. The Balaban J connectivity index is 2.76. The average Bonchev–Trinajstić information content (AvgIpc) is 2.30. The highest BCUT2D eigenvalue weighted by molar-refractivity contribution is 9.10. The fraction of sp³-hybridized carbons (Fsp3) is 0.462. The summed E-state index contributed by atoms with van der Waals surface area (Å²) in [6, 6.07) is 5.13. The fourth-order valence-corrected chi connectivity index (χ4v) is 2.03. The van der Waals surface area contributed by atoms with Gasteiger partial charge in [0.15, 0.2) is 0 Å². The Morgan fingerprint density at radius 3 is 2.67 bits per heavy atom. The molecule has 1 rings (SSSR count). The SMILES string of the molecule is COc1cc(Br)ccc1CN[C@H](C(=O)O)C(C)C. The van der Waals surface area contributed by atoms with Gasteiger partial charge in [-0.1, -0.05) is 35.8 Å². The first-order chi connectivity index (χ1) is 8.45. The van der Waals surface area contributed by atoms with Gasteiger partial charge in [0, 0.05) is 16.6 Å². The third-order valence-corrected chi connectivity index (χ3v) is 3.19. The molecule has 0 aliphatic rings. The van der Waals surface area contributed by atoms with Crippen LogP contribution in [-0.2, 0) is 11.3 Å². The number of carboxylic acids is 1. The van der Waals surface area contributed by atoms with E-state index < -0.39 is 12.0 Å². The third kappa shape index (κ3) is 3.99. The Morgan fingerprint density at radius 2 is 2.17 bits per heavy atom. The lowest BCUT2D eigenvalue weighted by Gasteiger charge is -2.18. The number of nitrogens with one attached hydrogen (secondary N) is 1. The van der Waals surface area contributed by atoms with Crippen molar-refractivity contribution in [2.45, 2.75) is 26.4 Å². The van der Waals surface area contributed by atoms with Crippen molar-refractivity contribution in [1.82, 2.24) is 5.32 Å². The largest absolute Gasteiger partial charge is 0.496 e. The van der Waals surface area contributed by atoms with E-state index in [4.69, 9.17) is 9.84 Å². The Labute approximate surface area is 115 Å². The molecular formula is C13H18BrNO3. The predicted molar refractivity (Wildman–Crippen MR) is 73.8 cm³/mol. The second kappa shape index (κ2) is 6.75. The van der Waals surface area contributed by atoms with Crippen molar-refractivity contribution >= 4 is 21.9 Å². The fourth-order valence-electron chi connectivity index (χ4n) is 1.69. The molecule has 100 valence electrons. The smallest absolute Gasteiger partial charge is 0.320 e. The minimum Gasteiger partial charge on any atom is -0.496 e. The molecule has 0 saturated heterocycles. The van der Waals surface area contributed by atoms with Crippen molar-refractivity contribution in [2.24, 2.45) is 5.92 Å². The van der Waals surface area contributed by atoms with Gasteiger partial charge < -0.3 is 9.84 Å². The lowest BCUT2D eigenvalue weighted by molar-refractivity contribution is -0.140. The molecule has 0 unspecified atom stereocenters. The highest BCUT2D eigenvalue weighted by Gasteiger charge is 2.20. The van der Waals surface area contributed by atoms with Gasteiger partial charge in [0.2, 0.25) is 0 Å². The molecule has 0 amide bonds. The zero-order chi connectivity index (χ0) is 13.7. The van der Waals surface area contributed by atoms with E-state index >= 15 is 0 Å². The molecule has 2 N–H and O–H groups in total. The molecule has 0 saturated carbocycles. The van der Waals surface area contributed by atoms with Crippen LogP contribution < -0.4 is 10.1 Å². The highest BCUT2D eigenvalue weighted by Crippen LogP contribution is 2.23. The zero-order valence-corrected chi connectivity index (χ0v) is 12.3. The van der Waals surface area contributed by atoms with Gasteiger partial charge in [-0.15, -0.1) is 0 Å². The number of carboxylic acid groups (broad SMARTS) is 1. The van der Waals surface area contributed by atoms with Crippen LogP contribution in [0.3, 0.4) is 0 Å². The van der Waals surface area contributed by atoms with Gasteiger partial charge in [0.25, 0.3) is 0 Å². The lowest BCUT2D eigenvalue weighted by Crippen LogP contribution is -2.40. The van der Waals surface area contributed by atoms with Crippen LogP contribution in [0.2, 0.25) is 0 Å². The second-order valence-electron chi connectivity index (χ2n) is 4.40. The molecular weight excluding hydrogens is 298 g/mol. The van der Waals surface area contributed by atoms with Crippen LogP contribution >= 0.6 is 15.9 Å². The van der Waals surface area contributed by atoms with E-state index in [0.717, 1.165) is 15.8 Å². The number of hydrogen-bond acceptors (Lipinski definition) is 3. The number of methoxy groups -OCH3 is 1. The van der Waals surface area contributed by atoms with E-state index in [1.54, 1.807) is 7.11 Å². The predicted octanol–water partition coefficient (Wildman–Crippen LogP) is 2.66. The van der Waals surface area contributed by atoms with Gasteiger partial charge in [0.05, 0.1) is 7.11 Å². The molecule has 1 atom stereocenters. The average molecular weight is 316 g/mol. The summed E-state index contributed by atoms with van der Waals surface area (Å²) in [5, 5.41) is 12.1. The molecule has 0 spiro atoms. The maximum Gasteiger partial charge on any atom is 0.320 e. The topological polar surface area (TPSA) is 58.6 Å². The summed E-state index contributed by atoms with van der Waals surface area (Å²) in [6.45, 7) is 4.22. The summed E-state index contributed by atoms with van der Waals surface area (Å²) in [4.78, 5) is 11.1. The first-order valence-corrected chi connectivity index (χ1v) is 6.53. The van der Waals surface area contributed by atoms with Gasteiger partial charge in [-0.05, 0) is 18.1 Å². The van der Waals surface area contributed by atoms with Crippen LogP contribution in [0.4, 0.5) is 0 Å². The maximum absolute atomic E-state index is 11.1. The third-order valence-electron chi connectivity index (χ3n) is 2.69. The zero-order valence-electron chi connectivity index (χ0n) is 10.7. The van der Waals surface area contributed by atoms with E-state index in [1.165, 1.54) is 0 Å². The van der Waals surface area contributed by atoms with Crippen LogP contribution in [0.5, 0.6) is 5.75 Å². The van der Waals surface area contributed by atoms with Crippen LogP contribution in [0.15, 0.2) is 22.7 Å². The molecule has 0 heterocycles. The van der Waals surface area contributed by atoms with Crippen molar-refractivity contribution in [3.8, 4) is 5.75 Å². The van der Waals surface area contributed by atoms with Crippen LogP contribution in [0.25, 0.3) is 0 Å². The van der Waals surface area contributed by atoms with E-state index in [9.17, 15) is 4.79 Å². The van der Waals surface area contributed by atoms with Gasteiger partial charge in [-0.3, -0.25) is 10.1 Å². The van der Waals surface area contributed by atoms with Gasteiger partial charge >= 0.3 is 5.97 Å².